The Morgan fingerprint density at radius 2 is 2.08 bits per heavy atom. The van der Waals surface area contributed by atoms with Crippen molar-refractivity contribution in [3.63, 3.8) is 0 Å². The van der Waals surface area contributed by atoms with Crippen LogP contribution in [0.25, 0.3) is 0 Å². The average Bonchev–Trinajstić information content (AvgIpc) is 3.04. The van der Waals surface area contributed by atoms with Gasteiger partial charge in [0, 0.05) is 38.8 Å². The Morgan fingerprint density at radius 3 is 2.76 bits per heavy atom. The highest BCUT2D eigenvalue weighted by atomic mass is 16.2. The van der Waals surface area contributed by atoms with Crippen molar-refractivity contribution in [2.24, 2.45) is 0 Å². The molecule has 0 spiro atoms. The Hall–Kier alpha value is -2.81. The molecule has 1 heterocycles. The van der Waals surface area contributed by atoms with Crippen LogP contribution in [0.15, 0.2) is 42.1 Å². The van der Waals surface area contributed by atoms with E-state index in [4.69, 9.17) is 5.26 Å². The van der Waals surface area contributed by atoms with E-state index in [9.17, 15) is 9.59 Å². The highest BCUT2D eigenvalue weighted by Crippen LogP contribution is 2.09. The van der Waals surface area contributed by atoms with Crippen molar-refractivity contribution in [3.8, 4) is 6.07 Å². The molecule has 1 saturated heterocycles. The number of rotatable bonds is 9. The van der Waals surface area contributed by atoms with E-state index >= 15 is 0 Å². The summed E-state index contributed by atoms with van der Waals surface area (Å²) in [4.78, 5) is 25.3. The SMILES string of the molecule is N#C/C(=C/NCCc1ccccc1)C(=O)NCCCN1CCCC1=O. The van der Waals surface area contributed by atoms with Crippen molar-refractivity contribution in [2.75, 3.05) is 26.2 Å². The monoisotopic (exact) mass is 340 g/mol. The molecule has 132 valence electrons. The van der Waals surface area contributed by atoms with E-state index in [1.807, 2.05) is 41.3 Å². The number of benzene rings is 1. The molecule has 2 rings (SSSR count). The third-order valence-electron chi connectivity index (χ3n) is 4.07. The predicted octanol–water partition coefficient (Wildman–Crippen LogP) is 1.35. The van der Waals surface area contributed by atoms with E-state index in [2.05, 4.69) is 10.6 Å². The van der Waals surface area contributed by atoms with Gasteiger partial charge >= 0.3 is 0 Å². The van der Waals surface area contributed by atoms with Crippen LogP contribution >= 0.6 is 0 Å². The zero-order valence-corrected chi connectivity index (χ0v) is 14.3. The van der Waals surface area contributed by atoms with Crippen LogP contribution in [0, 0.1) is 11.3 Å². The van der Waals surface area contributed by atoms with E-state index in [0.29, 0.717) is 32.5 Å². The summed E-state index contributed by atoms with van der Waals surface area (Å²) in [7, 11) is 0. The number of amides is 2. The molecule has 0 aromatic heterocycles. The Labute approximate surface area is 148 Å². The third-order valence-corrected chi connectivity index (χ3v) is 4.07. The van der Waals surface area contributed by atoms with Crippen LogP contribution in [0.1, 0.15) is 24.8 Å². The first-order valence-electron chi connectivity index (χ1n) is 8.64. The summed E-state index contributed by atoms with van der Waals surface area (Å²) >= 11 is 0. The molecule has 1 aliphatic rings. The van der Waals surface area contributed by atoms with Gasteiger partial charge in [-0.25, -0.2) is 0 Å². The van der Waals surface area contributed by atoms with E-state index in [1.165, 1.54) is 11.8 Å². The molecule has 2 amide bonds. The first-order valence-corrected chi connectivity index (χ1v) is 8.64. The fourth-order valence-electron chi connectivity index (χ4n) is 2.69. The van der Waals surface area contributed by atoms with Crippen molar-refractivity contribution in [2.45, 2.75) is 25.7 Å². The van der Waals surface area contributed by atoms with E-state index in [-0.39, 0.29) is 17.4 Å². The van der Waals surface area contributed by atoms with Crippen LogP contribution in [0.3, 0.4) is 0 Å². The quantitative estimate of drug-likeness (QED) is 0.404. The number of hydrogen-bond donors (Lipinski definition) is 2. The molecule has 1 aromatic rings. The van der Waals surface area contributed by atoms with E-state index < -0.39 is 0 Å². The lowest BCUT2D eigenvalue weighted by Crippen LogP contribution is -2.31. The van der Waals surface area contributed by atoms with Crippen molar-refractivity contribution in [1.82, 2.24) is 15.5 Å². The minimum atomic E-state index is -0.387. The molecule has 2 N–H and O–H groups in total. The highest BCUT2D eigenvalue weighted by molar-refractivity contribution is 5.97. The molecule has 0 radical (unpaired) electrons. The number of carbonyl (C=O) groups is 2. The summed E-state index contributed by atoms with van der Waals surface area (Å²) in [6, 6.07) is 11.9. The summed E-state index contributed by atoms with van der Waals surface area (Å²) in [5, 5.41) is 14.8. The third kappa shape index (κ3) is 6.30. The van der Waals surface area contributed by atoms with Crippen LogP contribution in [0.2, 0.25) is 0 Å². The first kappa shape index (κ1) is 18.5. The lowest BCUT2D eigenvalue weighted by molar-refractivity contribution is -0.127. The van der Waals surface area contributed by atoms with Gasteiger partial charge in [0.25, 0.3) is 5.91 Å². The van der Waals surface area contributed by atoms with Gasteiger partial charge in [0.2, 0.25) is 5.91 Å². The lowest BCUT2D eigenvalue weighted by atomic mass is 10.1. The first-order chi connectivity index (χ1) is 12.2. The van der Waals surface area contributed by atoms with Gasteiger partial charge in [0.05, 0.1) is 0 Å². The minimum absolute atomic E-state index is 0.0605. The van der Waals surface area contributed by atoms with Crippen molar-refractivity contribution >= 4 is 11.8 Å². The zero-order valence-electron chi connectivity index (χ0n) is 14.3. The van der Waals surface area contributed by atoms with Crippen LogP contribution in [0.5, 0.6) is 0 Å². The zero-order chi connectivity index (χ0) is 17.9. The molecule has 25 heavy (non-hydrogen) atoms. The molecule has 6 nitrogen and oxygen atoms in total. The minimum Gasteiger partial charge on any atom is -0.389 e. The van der Waals surface area contributed by atoms with Gasteiger partial charge < -0.3 is 15.5 Å². The number of nitriles is 1. The lowest BCUT2D eigenvalue weighted by Gasteiger charge is -2.15. The average molecular weight is 340 g/mol. The van der Waals surface area contributed by atoms with Gasteiger partial charge in [0.15, 0.2) is 0 Å². The molecular formula is C19H24N4O2. The normalized spacial score (nSPS) is 14.3. The summed E-state index contributed by atoms with van der Waals surface area (Å²) in [5.41, 5.74) is 1.26. The summed E-state index contributed by atoms with van der Waals surface area (Å²) < 4.78 is 0. The van der Waals surface area contributed by atoms with Gasteiger partial charge in [-0.05, 0) is 24.8 Å². The molecule has 1 fully saturated rings. The standard InChI is InChI=1S/C19H24N4O2/c20-14-17(15-21-11-9-16-6-2-1-3-7-16)19(25)22-10-5-13-23-12-4-8-18(23)24/h1-3,6-7,15,21H,4-5,8-13H2,(H,22,25)/b17-15-. The second-order valence-corrected chi connectivity index (χ2v) is 5.95. The van der Waals surface area contributed by atoms with Gasteiger partial charge in [-0.15, -0.1) is 0 Å². The molecule has 0 atom stereocenters. The number of nitrogens with one attached hydrogen (secondary N) is 2. The fraction of sp³-hybridized carbons (Fsp3) is 0.421. The largest absolute Gasteiger partial charge is 0.389 e. The van der Waals surface area contributed by atoms with Crippen molar-refractivity contribution in [1.29, 1.82) is 5.26 Å². The van der Waals surface area contributed by atoms with E-state index in [0.717, 1.165) is 19.4 Å². The molecule has 6 heteroatoms. The van der Waals surface area contributed by atoms with Crippen LogP contribution < -0.4 is 10.6 Å². The van der Waals surface area contributed by atoms with Crippen LogP contribution in [0.4, 0.5) is 0 Å². The maximum Gasteiger partial charge on any atom is 0.263 e. The topological polar surface area (TPSA) is 85.2 Å². The molecule has 1 aromatic carbocycles. The molecule has 0 aliphatic carbocycles. The molecular weight excluding hydrogens is 316 g/mol. The van der Waals surface area contributed by atoms with Crippen LogP contribution in [-0.4, -0.2) is 42.9 Å². The van der Waals surface area contributed by atoms with E-state index in [1.54, 1.807) is 0 Å². The number of hydrogen-bond acceptors (Lipinski definition) is 4. The van der Waals surface area contributed by atoms with Gasteiger partial charge in [-0.1, -0.05) is 30.3 Å². The number of nitrogens with zero attached hydrogens (tertiary/aromatic N) is 2. The number of likely N-dealkylation sites (tertiary alicyclic amines) is 1. The molecule has 0 bridgehead atoms. The predicted molar refractivity (Wildman–Crippen MR) is 95.3 cm³/mol. The molecule has 0 saturated carbocycles. The summed E-state index contributed by atoms with van der Waals surface area (Å²) in [6.45, 7) is 2.56. The van der Waals surface area contributed by atoms with Gasteiger partial charge in [0.1, 0.15) is 11.6 Å². The Balaban J connectivity index is 1.65. The second-order valence-electron chi connectivity index (χ2n) is 5.95. The highest BCUT2D eigenvalue weighted by Gasteiger charge is 2.19. The smallest absolute Gasteiger partial charge is 0.263 e. The van der Waals surface area contributed by atoms with Crippen molar-refractivity contribution in [3.05, 3.63) is 47.7 Å². The number of carbonyl (C=O) groups excluding carboxylic acids is 2. The maximum atomic E-state index is 12.0. The maximum absolute atomic E-state index is 12.0. The Morgan fingerprint density at radius 1 is 1.28 bits per heavy atom. The van der Waals surface area contributed by atoms with Crippen LogP contribution in [-0.2, 0) is 16.0 Å². The second kappa shape index (κ2) is 10.1. The summed E-state index contributed by atoms with van der Waals surface area (Å²) in [6.07, 6.45) is 4.52. The molecule has 1 aliphatic heterocycles. The summed E-state index contributed by atoms with van der Waals surface area (Å²) in [5.74, 6) is -0.200. The van der Waals surface area contributed by atoms with Gasteiger partial charge in [-0.3, -0.25) is 9.59 Å². The van der Waals surface area contributed by atoms with Crippen molar-refractivity contribution < 1.29 is 9.59 Å². The Bertz CT molecular complexity index is 649. The fourth-order valence-corrected chi connectivity index (χ4v) is 2.69. The Kier molecular flexibility index (Phi) is 7.51. The van der Waals surface area contributed by atoms with Gasteiger partial charge in [-0.2, -0.15) is 5.26 Å². The molecule has 0 unspecified atom stereocenters.